The lowest BCUT2D eigenvalue weighted by atomic mass is 10.2. The zero-order chi connectivity index (χ0) is 16.5. The molecule has 0 unspecified atom stereocenters. The number of nitrogens with zero attached hydrogens (tertiary/aromatic N) is 4. The van der Waals surface area contributed by atoms with Crippen LogP contribution in [0.1, 0.15) is 42.9 Å². The molecule has 1 rings (SSSR count). The monoisotopic (exact) mass is 307 g/mol. The summed E-state index contributed by atoms with van der Waals surface area (Å²) in [6.45, 7) is 9.21. The summed E-state index contributed by atoms with van der Waals surface area (Å²) in [6.07, 6.45) is 1.90. The molecule has 0 atom stereocenters. The van der Waals surface area contributed by atoms with Crippen LogP contribution in [0.4, 0.5) is 5.95 Å². The number of carbonyl (C=O) groups is 1. The summed E-state index contributed by atoms with van der Waals surface area (Å²) in [6, 6.07) is 1.76. The number of amides is 1. The Labute approximate surface area is 133 Å². The largest absolute Gasteiger partial charge is 0.353 e. The number of hydrogen-bond donors (Lipinski definition) is 1. The second-order valence-corrected chi connectivity index (χ2v) is 5.74. The smallest absolute Gasteiger partial charge is 0.272 e. The fraction of sp³-hybridized carbons (Fsp3) is 0.688. The maximum atomic E-state index is 12.6. The van der Waals surface area contributed by atoms with Crippen molar-refractivity contribution in [1.82, 2.24) is 19.8 Å². The summed E-state index contributed by atoms with van der Waals surface area (Å²) >= 11 is 0. The van der Waals surface area contributed by atoms with Crippen LogP contribution in [-0.4, -0.2) is 65.9 Å². The molecule has 0 aliphatic heterocycles. The summed E-state index contributed by atoms with van der Waals surface area (Å²) in [5.41, 5.74) is 1.28. The molecule has 0 aliphatic rings. The lowest BCUT2D eigenvalue weighted by Gasteiger charge is -2.21. The fourth-order valence-electron chi connectivity index (χ4n) is 2.17. The van der Waals surface area contributed by atoms with Gasteiger partial charge in [0.15, 0.2) is 0 Å². The first-order valence-corrected chi connectivity index (χ1v) is 8.01. The average Bonchev–Trinajstić information content (AvgIpc) is 2.45. The Bertz CT molecular complexity index is 470. The molecular weight excluding hydrogens is 278 g/mol. The lowest BCUT2D eigenvalue weighted by molar-refractivity contribution is 0.0749. The molecule has 0 aromatic carbocycles. The van der Waals surface area contributed by atoms with E-state index in [1.165, 1.54) is 0 Å². The second kappa shape index (κ2) is 9.35. The van der Waals surface area contributed by atoms with Crippen LogP contribution < -0.4 is 5.32 Å². The first-order chi connectivity index (χ1) is 10.5. The molecule has 1 aromatic rings. The molecule has 1 N–H and O–H groups in total. The molecule has 0 aliphatic carbocycles. The van der Waals surface area contributed by atoms with Gasteiger partial charge in [-0.3, -0.25) is 4.79 Å². The summed E-state index contributed by atoms with van der Waals surface area (Å²) < 4.78 is 0. The maximum absolute atomic E-state index is 12.6. The molecule has 0 spiro atoms. The molecule has 0 fully saturated rings. The van der Waals surface area contributed by atoms with Crippen LogP contribution in [-0.2, 0) is 0 Å². The number of nitrogens with one attached hydrogen (secondary N) is 1. The average molecular weight is 307 g/mol. The topological polar surface area (TPSA) is 61.4 Å². The van der Waals surface area contributed by atoms with E-state index in [1.807, 2.05) is 25.9 Å². The van der Waals surface area contributed by atoms with E-state index in [0.29, 0.717) is 11.6 Å². The first kappa shape index (κ1) is 18.4. The van der Waals surface area contributed by atoms with Gasteiger partial charge in [0.2, 0.25) is 5.95 Å². The number of anilines is 1. The molecular formula is C16H29N5O. The van der Waals surface area contributed by atoms with Crippen molar-refractivity contribution in [3.8, 4) is 0 Å². The number of likely N-dealkylation sites (N-methyl/N-ethyl adjacent to an activating group) is 1. The molecule has 1 aromatic heterocycles. The van der Waals surface area contributed by atoms with Gasteiger partial charge in [-0.1, -0.05) is 13.8 Å². The van der Waals surface area contributed by atoms with Crippen molar-refractivity contribution < 1.29 is 4.79 Å². The van der Waals surface area contributed by atoms with Gasteiger partial charge in [0.1, 0.15) is 5.69 Å². The van der Waals surface area contributed by atoms with Crippen LogP contribution in [0.3, 0.4) is 0 Å². The number of aromatic nitrogens is 2. The molecule has 0 saturated heterocycles. The van der Waals surface area contributed by atoms with Gasteiger partial charge < -0.3 is 15.1 Å². The van der Waals surface area contributed by atoms with Gasteiger partial charge in [0.05, 0.1) is 0 Å². The number of rotatable bonds is 9. The quantitative estimate of drug-likeness (QED) is 0.756. The van der Waals surface area contributed by atoms with E-state index in [1.54, 1.807) is 6.07 Å². The molecule has 0 bridgehead atoms. The van der Waals surface area contributed by atoms with Crippen molar-refractivity contribution in [2.24, 2.45) is 0 Å². The minimum atomic E-state index is -0.00939. The Morgan fingerprint density at radius 1 is 1.14 bits per heavy atom. The van der Waals surface area contributed by atoms with Gasteiger partial charge in [0, 0.05) is 31.9 Å². The standard InChI is InChI=1S/C16H29N5O/c1-6-9-21(10-7-2)15(22)14-12-13(3)18-16(19-14)17-8-11-20(4)5/h12H,6-11H2,1-5H3,(H,17,18,19). The van der Waals surface area contributed by atoms with E-state index in [0.717, 1.165) is 44.7 Å². The molecule has 0 radical (unpaired) electrons. The summed E-state index contributed by atoms with van der Waals surface area (Å²) in [7, 11) is 4.03. The van der Waals surface area contributed by atoms with E-state index >= 15 is 0 Å². The highest BCUT2D eigenvalue weighted by molar-refractivity contribution is 5.92. The van der Waals surface area contributed by atoms with Crippen molar-refractivity contribution in [3.05, 3.63) is 17.5 Å². The fourth-order valence-corrected chi connectivity index (χ4v) is 2.17. The predicted molar refractivity (Wildman–Crippen MR) is 90.3 cm³/mol. The molecule has 0 saturated carbocycles. The minimum Gasteiger partial charge on any atom is -0.353 e. The molecule has 6 heteroatoms. The third kappa shape index (κ3) is 5.97. The van der Waals surface area contributed by atoms with Gasteiger partial charge in [-0.2, -0.15) is 0 Å². The maximum Gasteiger partial charge on any atom is 0.272 e. The Hall–Kier alpha value is -1.69. The molecule has 22 heavy (non-hydrogen) atoms. The van der Waals surface area contributed by atoms with Crippen molar-refractivity contribution in [2.45, 2.75) is 33.6 Å². The predicted octanol–water partition coefficient (Wildman–Crippen LogP) is 2.02. The van der Waals surface area contributed by atoms with Gasteiger partial charge >= 0.3 is 0 Å². The lowest BCUT2D eigenvalue weighted by Crippen LogP contribution is -2.33. The van der Waals surface area contributed by atoms with E-state index in [2.05, 4.69) is 34.0 Å². The highest BCUT2D eigenvalue weighted by Crippen LogP contribution is 2.09. The molecule has 1 amide bonds. The molecule has 124 valence electrons. The number of hydrogen-bond acceptors (Lipinski definition) is 5. The number of carbonyl (C=O) groups excluding carboxylic acids is 1. The normalized spacial score (nSPS) is 10.8. The van der Waals surface area contributed by atoms with Crippen LogP contribution in [0.5, 0.6) is 0 Å². The Balaban J connectivity index is 2.84. The zero-order valence-electron chi connectivity index (χ0n) is 14.5. The Morgan fingerprint density at radius 2 is 1.77 bits per heavy atom. The molecule has 6 nitrogen and oxygen atoms in total. The van der Waals surface area contributed by atoms with E-state index < -0.39 is 0 Å². The van der Waals surface area contributed by atoms with Gasteiger partial charge in [-0.15, -0.1) is 0 Å². The van der Waals surface area contributed by atoms with Gasteiger partial charge in [-0.25, -0.2) is 9.97 Å². The number of aryl methyl sites for hydroxylation is 1. The van der Waals surface area contributed by atoms with Crippen molar-refractivity contribution in [2.75, 3.05) is 45.6 Å². The summed E-state index contributed by atoms with van der Waals surface area (Å²) in [4.78, 5) is 25.3. The van der Waals surface area contributed by atoms with E-state index in [-0.39, 0.29) is 5.91 Å². The summed E-state index contributed by atoms with van der Waals surface area (Å²) in [5, 5.41) is 3.18. The Morgan fingerprint density at radius 3 is 2.32 bits per heavy atom. The summed E-state index contributed by atoms with van der Waals surface area (Å²) in [5.74, 6) is 0.517. The van der Waals surface area contributed by atoms with Crippen molar-refractivity contribution >= 4 is 11.9 Å². The van der Waals surface area contributed by atoms with Crippen LogP contribution in [0.2, 0.25) is 0 Å². The minimum absolute atomic E-state index is 0.00939. The van der Waals surface area contributed by atoms with Crippen LogP contribution in [0.15, 0.2) is 6.07 Å². The third-order valence-corrected chi connectivity index (χ3v) is 3.19. The van der Waals surface area contributed by atoms with E-state index in [9.17, 15) is 4.79 Å². The van der Waals surface area contributed by atoms with Crippen molar-refractivity contribution in [1.29, 1.82) is 0 Å². The highest BCUT2D eigenvalue weighted by atomic mass is 16.2. The van der Waals surface area contributed by atoms with Crippen molar-refractivity contribution in [3.63, 3.8) is 0 Å². The van der Waals surface area contributed by atoms with Crippen LogP contribution >= 0.6 is 0 Å². The highest BCUT2D eigenvalue weighted by Gasteiger charge is 2.17. The van der Waals surface area contributed by atoms with E-state index in [4.69, 9.17) is 0 Å². The Kier molecular flexibility index (Phi) is 7.80. The zero-order valence-corrected chi connectivity index (χ0v) is 14.5. The van der Waals surface area contributed by atoms with Crippen LogP contribution in [0.25, 0.3) is 0 Å². The van der Waals surface area contributed by atoms with Crippen LogP contribution in [0, 0.1) is 6.92 Å². The third-order valence-electron chi connectivity index (χ3n) is 3.19. The second-order valence-electron chi connectivity index (χ2n) is 5.74. The molecule has 1 heterocycles. The first-order valence-electron chi connectivity index (χ1n) is 8.01. The SMILES string of the molecule is CCCN(CCC)C(=O)c1cc(C)nc(NCCN(C)C)n1. The van der Waals surface area contributed by atoms with Gasteiger partial charge in [0.25, 0.3) is 5.91 Å². The van der Waals surface area contributed by atoms with Gasteiger partial charge in [-0.05, 0) is 39.9 Å².